The smallest absolute Gasteiger partial charge is 0.112 e. The number of allylic oxidation sites excluding steroid dienone is 1. The van der Waals surface area contributed by atoms with Gasteiger partial charge < -0.3 is 10.4 Å². The minimum absolute atomic E-state index is 0.0261. The van der Waals surface area contributed by atoms with Gasteiger partial charge in [-0.05, 0) is 51.5 Å². The molecule has 1 aromatic carbocycles. The summed E-state index contributed by atoms with van der Waals surface area (Å²) < 4.78 is 0. The zero-order valence-electron chi connectivity index (χ0n) is 14.2. The molecular formula is C20H26N2O. The first-order valence-electron chi connectivity index (χ1n) is 8.70. The molecule has 2 heterocycles. The number of hydrogen-bond donors (Lipinski definition) is 2. The molecule has 23 heavy (non-hydrogen) atoms. The molecule has 1 fully saturated rings. The molecule has 2 N–H and O–H groups in total. The third kappa shape index (κ3) is 2.21. The molecule has 0 radical (unpaired) electrons. The molecule has 2 bridgehead atoms. The highest BCUT2D eigenvalue weighted by atomic mass is 16.3. The lowest BCUT2D eigenvalue weighted by Crippen LogP contribution is -2.66. The van der Waals surface area contributed by atoms with Gasteiger partial charge in [0.05, 0.1) is 5.69 Å². The van der Waals surface area contributed by atoms with Crippen molar-refractivity contribution in [3.05, 3.63) is 41.5 Å². The number of piperidine rings is 1. The normalized spacial score (nSPS) is 37.9. The van der Waals surface area contributed by atoms with Crippen LogP contribution in [-0.4, -0.2) is 22.9 Å². The van der Waals surface area contributed by atoms with Crippen molar-refractivity contribution in [3.63, 3.8) is 0 Å². The summed E-state index contributed by atoms with van der Waals surface area (Å²) in [5.74, 6) is 1.04. The molecular weight excluding hydrogens is 284 g/mol. The number of hydrogen-bond acceptors (Lipinski definition) is 3. The summed E-state index contributed by atoms with van der Waals surface area (Å²) in [7, 11) is 0. The zero-order valence-corrected chi connectivity index (χ0v) is 14.2. The van der Waals surface area contributed by atoms with Crippen molar-refractivity contribution in [2.45, 2.75) is 57.2 Å². The summed E-state index contributed by atoms with van der Waals surface area (Å²) in [5.41, 5.74) is 2.44. The van der Waals surface area contributed by atoms with Crippen LogP contribution < -0.4 is 5.32 Å². The van der Waals surface area contributed by atoms with Crippen LogP contribution >= 0.6 is 0 Å². The SMILES string of the molecule is CC1=CC[C@@H]2C[C@H]1[C@H](C1(O)CC=Nc3ccccc31)NC2(C)C. The Hall–Kier alpha value is -1.45. The summed E-state index contributed by atoms with van der Waals surface area (Å²) >= 11 is 0. The number of aliphatic hydroxyl groups is 1. The third-order valence-electron chi connectivity index (χ3n) is 6.32. The average molecular weight is 310 g/mol. The van der Waals surface area contributed by atoms with Crippen molar-refractivity contribution in [2.24, 2.45) is 16.8 Å². The fourth-order valence-corrected chi connectivity index (χ4v) is 4.77. The zero-order chi connectivity index (χ0) is 16.2. The Balaban J connectivity index is 1.81. The molecule has 1 unspecified atom stereocenters. The van der Waals surface area contributed by atoms with Crippen LogP contribution in [0.4, 0.5) is 5.69 Å². The molecule has 1 aromatic rings. The van der Waals surface area contributed by atoms with Gasteiger partial charge in [-0.2, -0.15) is 0 Å². The Morgan fingerprint density at radius 2 is 2.04 bits per heavy atom. The van der Waals surface area contributed by atoms with Crippen molar-refractivity contribution < 1.29 is 5.11 Å². The monoisotopic (exact) mass is 310 g/mol. The van der Waals surface area contributed by atoms with Gasteiger partial charge in [0.25, 0.3) is 0 Å². The first kappa shape index (κ1) is 15.1. The first-order valence-corrected chi connectivity index (χ1v) is 8.70. The van der Waals surface area contributed by atoms with Crippen LogP contribution in [0.2, 0.25) is 0 Å². The minimum atomic E-state index is -0.891. The van der Waals surface area contributed by atoms with E-state index in [0.29, 0.717) is 18.3 Å². The van der Waals surface area contributed by atoms with Gasteiger partial charge in [0.1, 0.15) is 5.60 Å². The van der Waals surface area contributed by atoms with Gasteiger partial charge in [-0.1, -0.05) is 29.8 Å². The van der Waals surface area contributed by atoms with Gasteiger partial charge in [-0.3, -0.25) is 4.99 Å². The molecule has 3 aliphatic rings. The summed E-state index contributed by atoms with van der Waals surface area (Å²) in [6.45, 7) is 6.78. The number of para-hydroxylation sites is 1. The topological polar surface area (TPSA) is 44.6 Å². The summed E-state index contributed by atoms with van der Waals surface area (Å²) in [6.07, 6.45) is 7.15. The molecule has 122 valence electrons. The van der Waals surface area contributed by atoms with E-state index in [1.54, 1.807) is 0 Å². The minimum Gasteiger partial charge on any atom is -0.383 e. The van der Waals surface area contributed by atoms with E-state index in [-0.39, 0.29) is 11.6 Å². The highest BCUT2D eigenvalue weighted by molar-refractivity contribution is 5.71. The maximum Gasteiger partial charge on any atom is 0.112 e. The standard InChI is InChI=1S/C20H26N2O/c1-13-8-9-14-12-15(13)18(22-19(14,2)3)20(23)10-11-21-17-7-5-4-6-16(17)20/h4-8,11,14-15,18,22-23H,9-10,12H2,1-3H3/t14-,15-,18-,20?/m1/s1. The van der Waals surface area contributed by atoms with Crippen LogP contribution in [-0.2, 0) is 5.60 Å². The van der Waals surface area contributed by atoms with Crippen molar-refractivity contribution in [1.82, 2.24) is 5.32 Å². The predicted octanol–water partition coefficient (Wildman–Crippen LogP) is 3.70. The van der Waals surface area contributed by atoms with Crippen LogP contribution in [0.1, 0.15) is 45.6 Å². The van der Waals surface area contributed by atoms with Gasteiger partial charge in [0.15, 0.2) is 0 Å². The molecule has 1 saturated heterocycles. The fraction of sp³-hybridized carbons (Fsp3) is 0.550. The Morgan fingerprint density at radius 1 is 1.26 bits per heavy atom. The van der Waals surface area contributed by atoms with Gasteiger partial charge in [-0.25, -0.2) is 0 Å². The maximum absolute atomic E-state index is 11.7. The van der Waals surface area contributed by atoms with Crippen LogP contribution in [0.15, 0.2) is 40.9 Å². The number of rotatable bonds is 1. The van der Waals surface area contributed by atoms with Crippen LogP contribution in [0, 0.1) is 11.8 Å². The molecule has 3 heteroatoms. The van der Waals surface area contributed by atoms with Crippen LogP contribution in [0.25, 0.3) is 0 Å². The fourth-order valence-electron chi connectivity index (χ4n) is 4.77. The lowest BCUT2D eigenvalue weighted by Gasteiger charge is -2.55. The van der Waals surface area contributed by atoms with E-state index in [4.69, 9.17) is 0 Å². The Bertz CT molecular complexity index is 691. The van der Waals surface area contributed by atoms with Crippen molar-refractivity contribution >= 4 is 11.9 Å². The molecule has 3 nitrogen and oxygen atoms in total. The molecule has 2 aliphatic heterocycles. The second kappa shape index (κ2) is 5.02. The number of nitrogens with zero attached hydrogens (tertiary/aromatic N) is 1. The molecule has 4 rings (SSSR count). The van der Waals surface area contributed by atoms with Gasteiger partial charge in [-0.15, -0.1) is 0 Å². The number of fused-ring (bicyclic) bond motifs is 3. The van der Waals surface area contributed by atoms with Crippen LogP contribution in [0.5, 0.6) is 0 Å². The van der Waals surface area contributed by atoms with E-state index in [1.807, 2.05) is 30.5 Å². The van der Waals surface area contributed by atoms with E-state index in [9.17, 15) is 5.11 Å². The summed E-state index contributed by atoms with van der Waals surface area (Å²) in [5, 5.41) is 15.6. The van der Waals surface area contributed by atoms with Gasteiger partial charge in [0, 0.05) is 29.8 Å². The van der Waals surface area contributed by atoms with Crippen LogP contribution in [0.3, 0.4) is 0 Å². The molecule has 4 atom stereocenters. The summed E-state index contributed by atoms with van der Waals surface area (Å²) in [6, 6.07) is 8.05. The molecule has 0 aromatic heterocycles. The molecule has 0 amide bonds. The molecule has 0 saturated carbocycles. The van der Waals surface area contributed by atoms with Crippen molar-refractivity contribution in [1.29, 1.82) is 0 Å². The van der Waals surface area contributed by atoms with E-state index >= 15 is 0 Å². The average Bonchev–Trinajstić information content (AvgIpc) is 2.53. The Labute approximate surface area is 138 Å². The molecule has 0 spiro atoms. The van der Waals surface area contributed by atoms with E-state index in [0.717, 1.165) is 24.1 Å². The second-order valence-corrected chi connectivity index (χ2v) is 8.02. The summed E-state index contributed by atoms with van der Waals surface area (Å²) in [4.78, 5) is 4.49. The quantitative estimate of drug-likeness (QED) is 0.777. The van der Waals surface area contributed by atoms with Gasteiger partial charge >= 0.3 is 0 Å². The predicted molar refractivity (Wildman–Crippen MR) is 94.1 cm³/mol. The lowest BCUT2D eigenvalue weighted by atomic mass is 9.62. The number of nitrogens with one attached hydrogen (secondary N) is 1. The highest BCUT2D eigenvalue weighted by Gasteiger charge is 2.52. The highest BCUT2D eigenvalue weighted by Crippen LogP contribution is 2.49. The van der Waals surface area contributed by atoms with E-state index in [1.165, 1.54) is 5.57 Å². The van der Waals surface area contributed by atoms with E-state index in [2.05, 4.69) is 37.2 Å². The third-order valence-corrected chi connectivity index (χ3v) is 6.32. The van der Waals surface area contributed by atoms with Crippen molar-refractivity contribution in [2.75, 3.05) is 0 Å². The second-order valence-electron chi connectivity index (χ2n) is 8.02. The number of benzene rings is 1. The van der Waals surface area contributed by atoms with Crippen molar-refractivity contribution in [3.8, 4) is 0 Å². The molecule has 1 aliphatic carbocycles. The lowest BCUT2D eigenvalue weighted by molar-refractivity contribution is -0.0536. The number of aliphatic imine (C=N–C) groups is 1. The largest absolute Gasteiger partial charge is 0.383 e. The van der Waals surface area contributed by atoms with Gasteiger partial charge in [0.2, 0.25) is 0 Å². The Morgan fingerprint density at radius 3 is 2.87 bits per heavy atom. The maximum atomic E-state index is 11.7. The first-order chi connectivity index (χ1) is 10.9. The Kier molecular flexibility index (Phi) is 3.30. The van der Waals surface area contributed by atoms with E-state index < -0.39 is 5.60 Å².